The Labute approximate surface area is 253 Å². The van der Waals surface area contributed by atoms with E-state index in [1.807, 2.05) is 30.9 Å². The molecule has 0 radical (unpaired) electrons. The summed E-state index contributed by atoms with van der Waals surface area (Å²) in [6.45, 7) is 17.6. The van der Waals surface area contributed by atoms with Crippen LogP contribution in [-0.2, 0) is 9.59 Å². The Balaban J connectivity index is 0.00000441. The maximum Gasteiger partial charge on any atom is 0.231 e. The number of aliphatic hydroxyl groups excluding tert-OH is 1. The first kappa shape index (κ1) is 33.2. The molecule has 3 atom stereocenters. The molecule has 2 saturated heterocycles. The summed E-state index contributed by atoms with van der Waals surface area (Å²) in [5.41, 5.74) is 0.601. The van der Waals surface area contributed by atoms with E-state index in [2.05, 4.69) is 56.6 Å². The fourth-order valence-corrected chi connectivity index (χ4v) is 6.89. The Morgan fingerprint density at radius 1 is 0.975 bits per heavy atom. The number of aliphatic hydroxyl groups is 1. The molecule has 0 spiro atoms. The zero-order valence-electron chi connectivity index (χ0n) is 25.6. The van der Waals surface area contributed by atoms with Gasteiger partial charge in [0.1, 0.15) is 0 Å². The largest absolute Gasteiger partial charge is 0.395 e. The van der Waals surface area contributed by atoms with Gasteiger partial charge >= 0.3 is 0 Å². The van der Waals surface area contributed by atoms with E-state index in [4.69, 9.17) is 11.6 Å². The predicted molar refractivity (Wildman–Crippen MR) is 165 cm³/mol. The maximum atomic E-state index is 14.2. The van der Waals surface area contributed by atoms with E-state index in [9.17, 15) is 14.7 Å². The van der Waals surface area contributed by atoms with Gasteiger partial charge in [-0.3, -0.25) is 14.5 Å². The van der Waals surface area contributed by atoms with E-state index in [1.54, 1.807) is 0 Å². The molecule has 0 bridgehead atoms. The predicted octanol–water partition coefficient (Wildman–Crippen LogP) is 5.99. The van der Waals surface area contributed by atoms with Crippen LogP contribution in [-0.4, -0.2) is 82.0 Å². The van der Waals surface area contributed by atoms with Crippen molar-refractivity contribution in [2.75, 3.05) is 32.8 Å². The normalized spacial score (nSPS) is 26.0. The maximum absolute atomic E-state index is 14.2. The molecular formula is C32H51Cl2N3O3. The zero-order chi connectivity index (χ0) is 28.8. The van der Waals surface area contributed by atoms with Crippen LogP contribution in [0.5, 0.6) is 0 Å². The molecule has 2 heterocycles. The Kier molecular flexibility index (Phi) is 10.4. The summed E-state index contributed by atoms with van der Waals surface area (Å²) in [5.74, 6) is 0.202. The number of hydrogen-bond acceptors (Lipinski definition) is 4. The quantitative estimate of drug-likeness (QED) is 0.438. The lowest BCUT2D eigenvalue weighted by molar-refractivity contribution is -0.149. The van der Waals surface area contributed by atoms with E-state index in [0.29, 0.717) is 23.5 Å². The minimum absolute atomic E-state index is 0. The molecule has 1 saturated carbocycles. The molecule has 1 aromatic carbocycles. The standard InChI is InChI=1S/C32H50ClN3O3.ClH/c1-30(2,3)35-19-26(22-8-10-23(33)11-9-22)27(20-35)28(38)34-17-14-25(18-34)36(29(39)32(6,7)21-37)24-12-15-31(4,5)16-13-24;/h8-11,24-27,37H,12-21H2,1-7H3;1H/t25-,26-,27+;/m0./s1. The summed E-state index contributed by atoms with van der Waals surface area (Å²) in [7, 11) is 0. The second kappa shape index (κ2) is 12.5. The molecule has 3 aliphatic rings. The molecule has 3 fully saturated rings. The van der Waals surface area contributed by atoms with Crippen molar-refractivity contribution >= 4 is 35.8 Å². The number of likely N-dealkylation sites (tertiary alicyclic amines) is 2. The lowest BCUT2D eigenvalue weighted by Crippen LogP contribution is -2.55. The smallest absolute Gasteiger partial charge is 0.231 e. The Bertz CT molecular complexity index is 1030. The molecule has 1 N–H and O–H groups in total. The first-order valence-corrected chi connectivity index (χ1v) is 15.2. The van der Waals surface area contributed by atoms with Crippen LogP contribution in [0.4, 0.5) is 0 Å². The minimum Gasteiger partial charge on any atom is -0.395 e. The highest BCUT2D eigenvalue weighted by atomic mass is 35.5. The van der Waals surface area contributed by atoms with Crippen molar-refractivity contribution in [2.45, 2.75) is 104 Å². The van der Waals surface area contributed by atoms with E-state index in [0.717, 1.165) is 50.8 Å². The van der Waals surface area contributed by atoms with Crippen molar-refractivity contribution in [3.8, 4) is 0 Å². The number of rotatable bonds is 6. The van der Waals surface area contributed by atoms with Gasteiger partial charge in [0.05, 0.1) is 24.0 Å². The van der Waals surface area contributed by atoms with Crippen LogP contribution >= 0.6 is 24.0 Å². The molecule has 1 aliphatic carbocycles. The number of benzene rings is 1. The summed E-state index contributed by atoms with van der Waals surface area (Å²) in [4.78, 5) is 34.5. The highest BCUT2D eigenvalue weighted by Crippen LogP contribution is 2.41. The van der Waals surface area contributed by atoms with Gasteiger partial charge in [-0.15, -0.1) is 12.4 Å². The number of carbonyl (C=O) groups excluding carboxylic acids is 2. The summed E-state index contributed by atoms with van der Waals surface area (Å²) in [6, 6.07) is 8.13. The number of nitrogens with zero attached hydrogens (tertiary/aromatic N) is 3. The third kappa shape index (κ3) is 7.17. The van der Waals surface area contributed by atoms with Gasteiger partial charge in [-0.1, -0.05) is 37.6 Å². The van der Waals surface area contributed by atoms with Gasteiger partial charge in [0.25, 0.3) is 0 Å². The fourth-order valence-electron chi connectivity index (χ4n) is 6.76. The second-order valence-corrected chi connectivity index (χ2v) is 15.2. The van der Waals surface area contributed by atoms with Gasteiger partial charge in [-0.25, -0.2) is 0 Å². The summed E-state index contributed by atoms with van der Waals surface area (Å²) >= 11 is 6.18. The summed E-state index contributed by atoms with van der Waals surface area (Å²) in [6.07, 6.45) is 4.92. The summed E-state index contributed by atoms with van der Waals surface area (Å²) in [5, 5.41) is 10.7. The number of carbonyl (C=O) groups is 2. The highest BCUT2D eigenvalue weighted by Gasteiger charge is 2.47. The highest BCUT2D eigenvalue weighted by molar-refractivity contribution is 6.30. The number of hydrogen-bond donors (Lipinski definition) is 1. The van der Waals surface area contributed by atoms with Gasteiger partial charge in [0.15, 0.2) is 0 Å². The summed E-state index contributed by atoms with van der Waals surface area (Å²) < 4.78 is 0. The molecule has 40 heavy (non-hydrogen) atoms. The molecule has 2 amide bonds. The minimum atomic E-state index is -0.831. The Hall–Kier alpha value is -1.34. The van der Waals surface area contributed by atoms with Gasteiger partial charge in [0.2, 0.25) is 11.8 Å². The first-order chi connectivity index (χ1) is 18.1. The van der Waals surface area contributed by atoms with Crippen molar-refractivity contribution in [3.63, 3.8) is 0 Å². The van der Waals surface area contributed by atoms with Crippen LogP contribution in [0.3, 0.4) is 0 Å². The lowest BCUT2D eigenvalue weighted by Gasteiger charge is -2.45. The van der Waals surface area contributed by atoms with Crippen molar-refractivity contribution in [3.05, 3.63) is 34.9 Å². The van der Waals surface area contributed by atoms with Crippen molar-refractivity contribution in [1.29, 1.82) is 0 Å². The van der Waals surface area contributed by atoms with Crippen molar-refractivity contribution in [1.82, 2.24) is 14.7 Å². The van der Waals surface area contributed by atoms with Crippen molar-refractivity contribution < 1.29 is 14.7 Å². The van der Waals surface area contributed by atoms with Crippen LogP contribution in [0.2, 0.25) is 5.02 Å². The molecule has 1 aromatic rings. The van der Waals surface area contributed by atoms with E-state index in [1.165, 1.54) is 0 Å². The van der Waals surface area contributed by atoms with Crippen LogP contribution in [0, 0.1) is 16.7 Å². The van der Waals surface area contributed by atoms with Crippen LogP contribution < -0.4 is 0 Å². The lowest BCUT2D eigenvalue weighted by atomic mass is 9.74. The molecule has 2 aliphatic heterocycles. The van der Waals surface area contributed by atoms with E-state index >= 15 is 0 Å². The van der Waals surface area contributed by atoms with Gasteiger partial charge < -0.3 is 14.9 Å². The molecular weight excluding hydrogens is 545 g/mol. The van der Waals surface area contributed by atoms with Gasteiger partial charge in [-0.2, -0.15) is 0 Å². The third-order valence-electron chi connectivity index (χ3n) is 9.66. The topological polar surface area (TPSA) is 64.1 Å². The molecule has 226 valence electrons. The molecule has 0 unspecified atom stereocenters. The SMILES string of the molecule is CC1(C)CCC(N(C(=O)C(C)(C)CO)[C@H]2CCN(C(=O)[C@@H]3CN(C(C)(C)C)C[C@H]3c3ccc(Cl)cc3)C2)CC1.Cl. The number of halogens is 2. The first-order valence-electron chi connectivity index (χ1n) is 14.9. The molecule has 8 heteroatoms. The monoisotopic (exact) mass is 595 g/mol. The van der Waals surface area contributed by atoms with E-state index < -0.39 is 5.41 Å². The number of amides is 2. The van der Waals surface area contributed by atoms with Crippen molar-refractivity contribution in [2.24, 2.45) is 16.7 Å². The second-order valence-electron chi connectivity index (χ2n) is 14.7. The average molecular weight is 597 g/mol. The molecule has 6 nitrogen and oxygen atoms in total. The molecule has 4 rings (SSSR count). The Morgan fingerprint density at radius 3 is 2.12 bits per heavy atom. The van der Waals surface area contributed by atoms with Crippen LogP contribution in [0.25, 0.3) is 0 Å². The zero-order valence-corrected chi connectivity index (χ0v) is 27.2. The van der Waals surface area contributed by atoms with Gasteiger partial charge in [0, 0.05) is 48.7 Å². The van der Waals surface area contributed by atoms with E-state index in [-0.39, 0.29) is 60.3 Å². The van der Waals surface area contributed by atoms with Crippen LogP contribution in [0.15, 0.2) is 24.3 Å². The fraction of sp³-hybridized carbons (Fsp3) is 0.750. The molecule has 0 aromatic heterocycles. The average Bonchev–Trinajstić information content (AvgIpc) is 3.53. The third-order valence-corrected chi connectivity index (χ3v) is 9.92. The Morgan fingerprint density at radius 2 is 1.57 bits per heavy atom. The van der Waals surface area contributed by atoms with Gasteiger partial charge in [-0.05, 0) is 89.8 Å². The van der Waals surface area contributed by atoms with Crippen LogP contribution in [0.1, 0.15) is 92.1 Å².